The number of ether oxygens (including phenoxy) is 1. The van der Waals surface area contributed by atoms with Crippen molar-refractivity contribution in [2.75, 3.05) is 60.6 Å². The van der Waals surface area contributed by atoms with Crippen LogP contribution in [0.4, 0.5) is 17.6 Å². The SMILES string of the molecule is CCCc1ccc(-c2cc(N3CCN(c4ncccc4C#N)C[C@H]3C)nc(N3CCOCC3)n2)cc1. The third-order valence-corrected chi connectivity index (χ3v) is 6.91. The number of benzene rings is 1. The van der Waals surface area contributed by atoms with Gasteiger partial charge in [0.05, 0.1) is 24.5 Å². The number of aromatic nitrogens is 3. The molecule has 0 bridgehead atoms. The summed E-state index contributed by atoms with van der Waals surface area (Å²) in [4.78, 5) is 21.3. The van der Waals surface area contributed by atoms with Crippen molar-refractivity contribution in [2.45, 2.75) is 32.7 Å². The molecule has 0 N–H and O–H groups in total. The molecule has 0 unspecified atom stereocenters. The van der Waals surface area contributed by atoms with E-state index in [-0.39, 0.29) is 6.04 Å². The molecule has 4 heterocycles. The molecule has 186 valence electrons. The van der Waals surface area contributed by atoms with E-state index in [2.05, 4.69) is 69.9 Å². The van der Waals surface area contributed by atoms with Crippen molar-refractivity contribution in [3.8, 4) is 17.3 Å². The summed E-state index contributed by atoms with van der Waals surface area (Å²) in [6.45, 7) is 9.70. The fraction of sp³-hybridized carbons (Fsp3) is 0.429. The van der Waals surface area contributed by atoms with Crippen molar-refractivity contribution in [3.05, 3.63) is 59.8 Å². The lowest BCUT2D eigenvalue weighted by Gasteiger charge is -2.41. The number of hydrogen-bond acceptors (Lipinski definition) is 8. The van der Waals surface area contributed by atoms with Gasteiger partial charge in [-0.15, -0.1) is 0 Å². The fourth-order valence-electron chi connectivity index (χ4n) is 4.98. The average molecular weight is 484 g/mol. The molecular weight excluding hydrogens is 450 g/mol. The van der Waals surface area contributed by atoms with Gasteiger partial charge in [-0.05, 0) is 31.0 Å². The lowest BCUT2D eigenvalue weighted by Crippen LogP contribution is -2.53. The van der Waals surface area contributed by atoms with Crippen molar-refractivity contribution in [3.63, 3.8) is 0 Å². The van der Waals surface area contributed by atoms with E-state index >= 15 is 0 Å². The summed E-state index contributed by atoms with van der Waals surface area (Å²) in [7, 11) is 0. The Hall–Kier alpha value is -3.70. The molecule has 0 saturated carbocycles. The normalized spacial score (nSPS) is 18.2. The molecule has 2 aliphatic heterocycles. The zero-order chi connectivity index (χ0) is 24.9. The van der Waals surface area contributed by atoms with Gasteiger partial charge in [-0.1, -0.05) is 37.6 Å². The first-order valence-electron chi connectivity index (χ1n) is 12.8. The molecule has 5 rings (SSSR count). The summed E-state index contributed by atoms with van der Waals surface area (Å²) in [5, 5.41) is 9.53. The first kappa shape index (κ1) is 24.0. The molecule has 0 radical (unpaired) electrons. The topological polar surface area (TPSA) is 81.4 Å². The van der Waals surface area contributed by atoms with Crippen LogP contribution >= 0.6 is 0 Å². The molecule has 2 fully saturated rings. The number of aryl methyl sites for hydroxylation is 1. The Morgan fingerprint density at radius 3 is 2.56 bits per heavy atom. The van der Waals surface area contributed by atoms with Crippen molar-refractivity contribution in [2.24, 2.45) is 0 Å². The monoisotopic (exact) mass is 483 g/mol. The van der Waals surface area contributed by atoms with Crippen LogP contribution < -0.4 is 14.7 Å². The lowest BCUT2D eigenvalue weighted by molar-refractivity contribution is 0.122. The molecule has 8 heteroatoms. The predicted octanol–water partition coefficient (Wildman–Crippen LogP) is 3.91. The number of anilines is 3. The molecule has 1 aromatic carbocycles. The van der Waals surface area contributed by atoms with Crippen LogP contribution in [0, 0.1) is 11.3 Å². The minimum atomic E-state index is 0.194. The molecule has 8 nitrogen and oxygen atoms in total. The number of piperazine rings is 1. The summed E-state index contributed by atoms with van der Waals surface area (Å²) >= 11 is 0. The zero-order valence-electron chi connectivity index (χ0n) is 21.1. The molecule has 3 aromatic rings. The van der Waals surface area contributed by atoms with Gasteiger partial charge in [-0.25, -0.2) is 9.97 Å². The lowest BCUT2D eigenvalue weighted by atomic mass is 10.1. The number of rotatable bonds is 6. The maximum atomic E-state index is 9.53. The van der Waals surface area contributed by atoms with Gasteiger partial charge in [-0.2, -0.15) is 10.2 Å². The fourth-order valence-corrected chi connectivity index (χ4v) is 4.98. The van der Waals surface area contributed by atoms with E-state index in [4.69, 9.17) is 14.7 Å². The number of nitrogens with zero attached hydrogens (tertiary/aromatic N) is 7. The third-order valence-electron chi connectivity index (χ3n) is 6.91. The molecule has 2 saturated heterocycles. The van der Waals surface area contributed by atoms with E-state index < -0.39 is 0 Å². The van der Waals surface area contributed by atoms with Crippen molar-refractivity contribution < 1.29 is 4.74 Å². The van der Waals surface area contributed by atoms with Gasteiger partial charge in [0.15, 0.2) is 0 Å². The molecule has 2 aliphatic rings. The largest absolute Gasteiger partial charge is 0.378 e. The average Bonchev–Trinajstić information content (AvgIpc) is 2.94. The Balaban J connectivity index is 1.44. The first-order valence-corrected chi connectivity index (χ1v) is 12.8. The van der Waals surface area contributed by atoms with E-state index in [1.54, 1.807) is 6.20 Å². The van der Waals surface area contributed by atoms with Crippen LogP contribution in [0.25, 0.3) is 11.3 Å². The second-order valence-electron chi connectivity index (χ2n) is 9.43. The Morgan fingerprint density at radius 1 is 1.03 bits per heavy atom. The van der Waals surface area contributed by atoms with E-state index in [0.29, 0.717) is 18.8 Å². The number of nitriles is 1. The van der Waals surface area contributed by atoms with Gasteiger partial charge in [0.25, 0.3) is 0 Å². The summed E-state index contributed by atoms with van der Waals surface area (Å²) in [6.07, 6.45) is 3.97. The predicted molar refractivity (Wildman–Crippen MR) is 142 cm³/mol. The van der Waals surface area contributed by atoms with E-state index in [1.165, 1.54) is 5.56 Å². The maximum absolute atomic E-state index is 9.53. The Bertz CT molecular complexity index is 1220. The van der Waals surface area contributed by atoms with E-state index in [0.717, 1.165) is 74.4 Å². The van der Waals surface area contributed by atoms with E-state index in [1.807, 2.05) is 12.1 Å². The minimum Gasteiger partial charge on any atom is -0.378 e. The second-order valence-corrected chi connectivity index (χ2v) is 9.43. The van der Waals surface area contributed by atoms with Crippen molar-refractivity contribution in [1.82, 2.24) is 15.0 Å². The maximum Gasteiger partial charge on any atom is 0.228 e. The smallest absolute Gasteiger partial charge is 0.228 e. The van der Waals surface area contributed by atoms with Gasteiger partial charge in [0, 0.05) is 56.6 Å². The molecule has 1 atom stereocenters. The second kappa shape index (κ2) is 10.9. The molecule has 0 aliphatic carbocycles. The van der Waals surface area contributed by atoms with Gasteiger partial charge >= 0.3 is 0 Å². The first-order chi connectivity index (χ1) is 17.7. The van der Waals surface area contributed by atoms with Crippen LogP contribution in [0.3, 0.4) is 0 Å². The summed E-state index contributed by atoms with van der Waals surface area (Å²) in [6, 6.07) is 17.0. The van der Waals surface area contributed by atoms with Gasteiger partial charge in [0.2, 0.25) is 5.95 Å². The molecule has 2 aromatic heterocycles. The quantitative estimate of drug-likeness (QED) is 0.522. The van der Waals surface area contributed by atoms with Crippen LogP contribution in [0.1, 0.15) is 31.4 Å². The van der Waals surface area contributed by atoms with Crippen molar-refractivity contribution >= 4 is 17.6 Å². The standard InChI is InChI=1S/C28H33N7O/c1-3-5-22-7-9-23(10-8-22)25-18-26(32-28(31-25)33-14-16-36-17-15-33)35-13-12-34(20-21(35)2)27-24(19-29)6-4-11-30-27/h4,6-11,18,21H,3,5,12-17,20H2,1-2H3/t21-/m1/s1. The van der Waals surface area contributed by atoms with Crippen LogP contribution in [0.2, 0.25) is 0 Å². The Morgan fingerprint density at radius 2 is 1.83 bits per heavy atom. The zero-order valence-corrected chi connectivity index (χ0v) is 21.1. The Labute approximate surface area is 213 Å². The summed E-state index contributed by atoms with van der Waals surface area (Å²) in [5.74, 6) is 2.46. The van der Waals surface area contributed by atoms with Crippen LogP contribution in [-0.2, 0) is 11.2 Å². The summed E-state index contributed by atoms with van der Waals surface area (Å²) in [5.41, 5.74) is 4.01. The summed E-state index contributed by atoms with van der Waals surface area (Å²) < 4.78 is 5.57. The van der Waals surface area contributed by atoms with Crippen LogP contribution in [0.15, 0.2) is 48.7 Å². The highest BCUT2D eigenvalue weighted by Gasteiger charge is 2.28. The Kier molecular flexibility index (Phi) is 7.28. The molecule has 36 heavy (non-hydrogen) atoms. The van der Waals surface area contributed by atoms with Crippen molar-refractivity contribution in [1.29, 1.82) is 5.26 Å². The number of morpholine rings is 1. The molecule has 0 amide bonds. The van der Waals surface area contributed by atoms with Gasteiger partial charge in [-0.3, -0.25) is 0 Å². The molecular formula is C28H33N7O. The van der Waals surface area contributed by atoms with Crippen LogP contribution in [0.5, 0.6) is 0 Å². The number of pyridine rings is 1. The third kappa shape index (κ3) is 5.12. The van der Waals surface area contributed by atoms with Gasteiger partial charge in [0.1, 0.15) is 17.7 Å². The van der Waals surface area contributed by atoms with Crippen LogP contribution in [-0.4, -0.2) is 66.9 Å². The highest BCUT2D eigenvalue weighted by atomic mass is 16.5. The van der Waals surface area contributed by atoms with Gasteiger partial charge < -0.3 is 19.4 Å². The van der Waals surface area contributed by atoms with E-state index in [9.17, 15) is 5.26 Å². The highest BCUT2D eigenvalue weighted by Crippen LogP contribution is 2.29. The minimum absolute atomic E-state index is 0.194. The number of hydrogen-bond donors (Lipinski definition) is 0. The molecule has 0 spiro atoms. The highest BCUT2D eigenvalue weighted by molar-refractivity contribution is 5.66.